The fourth-order valence-electron chi connectivity index (χ4n) is 5.16. The Morgan fingerprint density at radius 1 is 0.438 bits per heavy atom. The first kappa shape index (κ1) is 45.4. The van der Waals surface area contributed by atoms with Gasteiger partial charge in [0.1, 0.15) is 13.2 Å². The van der Waals surface area contributed by atoms with Gasteiger partial charge in [-0.15, -0.1) is 0 Å². The van der Waals surface area contributed by atoms with E-state index in [0.29, 0.717) is 19.3 Å². The van der Waals surface area contributed by atoms with Crippen molar-refractivity contribution >= 4 is 17.9 Å². The van der Waals surface area contributed by atoms with Crippen molar-refractivity contribution in [3.8, 4) is 0 Å². The van der Waals surface area contributed by atoms with Crippen LogP contribution in [-0.4, -0.2) is 37.2 Å². The van der Waals surface area contributed by atoms with Gasteiger partial charge in [-0.1, -0.05) is 140 Å². The minimum atomic E-state index is -0.788. The molecule has 0 aliphatic rings. The van der Waals surface area contributed by atoms with E-state index in [0.717, 1.165) is 96.3 Å². The number of hydrogen-bond donors (Lipinski definition) is 0. The average Bonchev–Trinajstić information content (AvgIpc) is 3.08. The Bertz CT molecular complexity index is 871. The lowest BCUT2D eigenvalue weighted by atomic mass is 10.1. The first-order chi connectivity index (χ1) is 23.5. The summed E-state index contributed by atoms with van der Waals surface area (Å²) in [5.74, 6) is -0.955. The van der Waals surface area contributed by atoms with Crippen LogP contribution in [0.3, 0.4) is 0 Å². The van der Waals surface area contributed by atoms with Crippen LogP contribution in [0.15, 0.2) is 48.6 Å². The molecule has 0 fully saturated rings. The second-order valence-electron chi connectivity index (χ2n) is 12.8. The third-order valence-corrected chi connectivity index (χ3v) is 8.08. The Balaban J connectivity index is 4.42. The summed E-state index contributed by atoms with van der Waals surface area (Å²) in [4.78, 5) is 37.4. The Labute approximate surface area is 295 Å². The summed E-state index contributed by atoms with van der Waals surface area (Å²) < 4.78 is 16.5. The highest BCUT2D eigenvalue weighted by Gasteiger charge is 2.19. The standard InChI is InChI=1S/C42H72O6/c1-4-7-10-13-16-19-20-21-24-26-29-32-35-41(44)47-38-39(48-42(45)36-33-30-27-23-18-15-12-9-6-3)37-46-40(43)34-31-28-25-22-17-14-11-8-5-2/h7,9-10,12,16,18-19,23,39H,4-6,8,11,13-15,17,20-22,24-38H2,1-3H3/b10-7-,12-9-,19-16-,23-18-. The molecule has 0 saturated carbocycles. The molecule has 6 heteroatoms. The number of hydrogen-bond acceptors (Lipinski definition) is 6. The Morgan fingerprint density at radius 3 is 1.29 bits per heavy atom. The molecule has 1 atom stereocenters. The number of rotatable bonds is 34. The minimum Gasteiger partial charge on any atom is -0.462 e. The van der Waals surface area contributed by atoms with Gasteiger partial charge >= 0.3 is 17.9 Å². The maximum atomic E-state index is 12.6. The fraction of sp³-hybridized carbons (Fsp3) is 0.738. The third-order valence-electron chi connectivity index (χ3n) is 8.08. The van der Waals surface area contributed by atoms with Crippen molar-refractivity contribution in [1.29, 1.82) is 0 Å². The van der Waals surface area contributed by atoms with Crippen molar-refractivity contribution in [1.82, 2.24) is 0 Å². The monoisotopic (exact) mass is 673 g/mol. The van der Waals surface area contributed by atoms with Crippen LogP contribution in [0.1, 0.15) is 181 Å². The van der Waals surface area contributed by atoms with E-state index < -0.39 is 6.10 Å². The Morgan fingerprint density at radius 2 is 0.812 bits per heavy atom. The summed E-state index contributed by atoms with van der Waals surface area (Å²) in [6, 6.07) is 0. The van der Waals surface area contributed by atoms with Gasteiger partial charge < -0.3 is 14.2 Å². The summed E-state index contributed by atoms with van der Waals surface area (Å²) in [7, 11) is 0. The molecule has 0 bridgehead atoms. The quantitative estimate of drug-likeness (QED) is 0.0293. The topological polar surface area (TPSA) is 78.9 Å². The summed E-state index contributed by atoms with van der Waals surface area (Å²) in [5.41, 5.74) is 0. The molecule has 0 radical (unpaired) electrons. The molecule has 276 valence electrons. The highest BCUT2D eigenvalue weighted by Crippen LogP contribution is 2.12. The smallest absolute Gasteiger partial charge is 0.306 e. The van der Waals surface area contributed by atoms with Gasteiger partial charge in [-0.2, -0.15) is 0 Å². The SMILES string of the molecule is CC/C=C\C/C=C\CCCCCCCC(=O)OCC(COC(=O)CCCCCCCCCCC)OC(=O)CCCC/C=C\C/C=C\CC. The number of allylic oxidation sites excluding steroid dienone is 8. The zero-order valence-electron chi connectivity index (χ0n) is 31.2. The molecule has 0 aliphatic heterocycles. The highest BCUT2D eigenvalue weighted by molar-refractivity contribution is 5.71. The van der Waals surface area contributed by atoms with Gasteiger partial charge in [0.15, 0.2) is 6.10 Å². The Hall–Kier alpha value is -2.63. The van der Waals surface area contributed by atoms with Gasteiger partial charge in [-0.25, -0.2) is 0 Å². The lowest BCUT2D eigenvalue weighted by Gasteiger charge is -2.18. The molecule has 48 heavy (non-hydrogen) atoms. The summed E-state index contributed by atoms with van der Waals surface area (Å²) in [6.07, 6.45) is 41.1. The molecular weight excluding hydrogens is 600 g/mol. The second kappa shape index (κ2) is 37.2. The van der Waals surface area contributed by atoms with Crippen LogP contribution in [-0.2, 0) is 28.6 Å². The highest BCUT2D eigenvalue weighted by atomic mass is 16.6. The zero-order chi connectivity index (χ0) is 35.2. The average molecular weight is 673 g/mol. The molecule has 6 nitrogen and oxygen atoms in total. The molecule has 0 aromatic heterocycles. The van der Waals surface area contributed by atoms with E-state index >= 15 is 0 Å². The summed E-state index contributed by atoms with van der Waals surface area (Å²) >= 11 is 0. The molecule has 0 saturated heterocycles. The predicted octanol–water partition coefficient (Wildman–Crippen LogP) is 12.0. The molecule has 0 aromatic rings. The number of carbonyl (C=O) groups excluding carboxylic acids is 3. The second-order valence-corrected chi connectivity index (χ2v) is 12.8. The van der Waals surface area contributed by atoms with Crippen LogP contribution in [0, 0.1) is 0 Å². The van der Waals surface area contributed by atoms with Gasteiger partial charge in [-0.3, -0.25) is 14.4 Å². The Kier molecular flexibility index (Phi) is 35.2. The van der Waals surface area contributed by atoms with Crippen molar-refractivity contribution in [3.63, 3.8) is 0 Å². The normalized spacial score (nSPS) is 12.5. The molecular formula is C42H72O6. The van der Waals surface area contributed by atoms with E-state index in [1.165, 1.54) is 38.5 Å². The van der Waals surface area contributed by atoms with E-state index in [1.807, 2.05) is 0 Å². The zero-order valence-corrected chi connectivity index (χ0v) is 31.2. The molecule has 0 heterocycles. The van der Waals surface area contributed by atoms with Crippen LogP contribution in [0.5, 0.6) is 0 Å². The van der Waals surface area contributed by atoms with E-state index in [4.69, 9.17) is 14.2 Å². The third kappa shape index (κ3) is 34.7. The van der Waals surface area contributed by atoms with Crippen LogP contribution >= 0.6 is 0 Å². The molecule has 0 aromatic carbocycles. The van der Waals surface area contributed by atoms with E-state index in [-0.39, 0.29) is 37.5 Å². The van der Waals surface area contributed by atoms with Gasteiger partial charge in [0.2, 0.25) is 0 Å². The first-order valence-corrected chi connectivity index (χ1v) is 19.6. The van der Waals surface area contributed by atoms with Gasteiger partial charge in [-0.05, 0) is 70.6 Å². The van der Waals surface area contributed by atoms with Gasteiger partial charge in [0, 0.05) is 19.3 Å². The predicted molar refractivity (Wildman–Crippen MR) is 201 cm³/mol. The molecule has 0 N–H and O–H groups in total. The number of carbonyl (C=O) groups is 3. The molecule has 0 amide bonds. The van der Waals surface area contributed by atoms with Crippen molar-refractivity contribution < 1.29 is 28.6 Å². The maximum Gasteiger partial charge on any atom is 0.306 e. The van der Waals surface area contributed by atoms with E-state index in [2.05, 4.69) is 69.4 Å². The molecule has 0 aliphatic carbocycles. The molecule has 0 spiro atoms. The minimum absolute atomic E-state index is 0.0906. The number of esters is 3. The maximum absolute atomic E-state index is 12.6. The summed E-state index contributed by atoms with van der Waals surface area (Å²) in [5, 5.41) is 0. The lowest BCUT2D eigenvalue weighted by Crippen LogP contribution is -2.30. The fourth-order valence-corrected chi connectivity index (χ4v) is 5.16. The molecule has 1 unspecified atom stereocenters. The van der Waals surface area contributed by atoms with E-state index in [1.54, 1.807) is 0 Å². The van der Waals surface area contributed by atoms with Gasteiger partial charge in [0.25, 0.3) is 0 Å². The summed E-state index contributed by atoms with van der Waals surface area (Å²) in [6.45, 7) is 6.31. The van der Waals surface area contributed by atoms with Crippen LogP contribution in [0.25, 0.3) is 0 Å². The van der Waals surface area contributed by atoms with Crippen LogP contribution in [0.2, 0.25) is 0 Å². The van der Waals surface area contributed by atoms with Crippen molar-refractivity contribution in [2.45, 2.75) is 187 Å². The largest absolute Gasteiger partial charge is 0.462 e. The van der Waals surface area contributed by atoms with E-state index in [9.17, 15) is 14.4 Å². The van der Waals surface area contributed by atoms with Crippen LogP contribution < -0.4 is 0 Å². The number of ether oxygens (including phenoxy) is 3. The molecule has 0 rings (SSSR count). The van der Waals surface area contributed by atoms with Crippen molar-refractivity contribution in [2.24, 2.45) is 0 Å². The van der Waals surface area contributed by atoms with Crippen molar-refractivity contribution in [2.75, 3.05) is 13.2 Å². The van der Waals surface area contributed by atoms with Gasteiger partial charge in [0.05, 0.1) is 0 Å². The van der Waals surface area contributed by atoms with Crippen LogP contribution in [0.4, 0.5) is 0 Å². The lowest BCUT2D eigenvalue weighted by molar-refractivity contribution is -0.167. The number of unbranched alkanes of at least 4 members (excludes halogenated alkanes) is 15. The first-order valence-electron chi connectivity index (χ1n) is 19.6. The van der Waals surface area contributed by atoms with Crippen molar-refractivity contribution in [3.05, 3.63) is 48.6 Å².